The Balaban J connectivity index is 2.35. The van der Waals surface area contributed by atoms with Gasteiger partial charge in [0.2, 0.25) is 0 Å². The van der Waals surface area contributed by atoms with Gasteiger partial charge in [-0.2, -0.15) is 0 Å². The van der Waals surface area contributed by atoms with Crippen LogP contribution in [0.2, 0.25) is 0 Å². The predicted octanol–water partition coefficient (Wildman–Crippen LogP) is 2.19. The summed E-state index contributed by atoms with van der Waals surface area (Å²) >= 11 is 0. The van der Waals surface area contributed by atoms with Crippen LogP contribution in [0.25, 0.3) is 0 Å². The third kappa shape index (κ3) is 3.67. The molecule has 0 spiro atoms. The van der Waals surface area contributed by atoms with E-state index in [1.54, 1.807) is 0 Å². The molecule has 0 bridgehead atoms. The molecule has 3 heteroatoms. The van der Waals surface area contributed by atoms with Crippen LogP contribution in [0.15, 0.2) is 0 Å². The van der Waals surface area contributed by atoms with Gasteiger partial charge in [0, 0.05) is 31.2 Å². The lowest BCUT2D eigenvalue weighted by molar-refractivity contribution is -0.115. The Kier molecular flexibility index (Phi) is 4.99. The molecule has 0 aromatic rings. The van der Waals surface area contributed by atoms with E-state index >= 15 is 0 Å². The maximum atomic E-state index is 9.01. The van der Waals surface area contributed by atoms with Gasteiger partial charge >= 0.3 is 0 Å². The van der Waals surface area contributed by atoms with E-state index in [2.05, 4.69) is 39.9 Å². The fourth-order valence-electron chi connectivity index (χ4n) is 2.51. The summed E-state index contributed by atoms with van der Waals surface area (Å²) in [5, 5.41) is 12.6. The smallest absolute Gasteiger partial charge is 0.0655 e. The van der Waals surface area contributed by atoms with Crippen LogP contribution in [0, 0.1) is 10.8 Å². The molecule has 2 unspecified atom stereocenters. The van der Waals surface area contributed by atoms with Crippen LogP contribution < -0.4 is 5.32 Å². The SMILES string of the molecule is CCOC1CC(NCC(C)(C)CCO)C1(C)C. The van der Waals surface area contributed by atoms with Crippen molar-refractivity contribution in [1.29, 1.82) is 0 Å². The second-order valence-electron chi connectivity index (χ2n) is 6.57. The van der Waals surface area contributed by atoms with Gasteiger partial charge in [-0.3, -0.25) is 0 Å². The molecule has 0 aliphatic heterocycles. The molecular weight excluding hydrogens is 214 g/mol. The zero-order valence-corrected chi connectivity index (χ0v) is 12.0. The molecule has 1 rings (SSSR count). The second-order valence-corrected chi connectivity index (χ2v) is 6.57. The molecule has 2 atom stereocenters. The first kappa shape index (κ1) is 14.9. The third-order valence-corrected chi connectivity index (χ3v) is 4.16. The average Bonchev–Trinajstić information content (AvgIpc) is 2.22. The van der Waals surface area contributed by atoms with Crippen LogP contribution in [-0.4, -0.2) is 37.0 Å². The fraction of sp³-hybridized carbons (Fsp3) is 1.00. The van der Waals surface area contributed by atoms with Crippen LogP contribution >= 0.6 is 0 Å². The molecule has 0 saturated heterocycles. The molecule has 102 valence electrons. The van der Waals surface area contributed by atoms with Crippen LogP contribution in [-0.2, 0) is 4.74 Å². The predicted molar refractivity (Wildman–Crippen MR) is 71.1 cm³/mol. The van der Waals surface area contributed by atoms with Crippen molar-refractivity contribution < 1.29 is 9.84 Å². The topological polar surface area (TPSA) is 41.5 Å². The Bertz CT molecular complexity index is 238. The number of hydrogen-bond acceptors (Lipinski definition) is 3. The lowest BCUT2D eigenvalue weighted by Crippen LogP contribution is -2.61. The van der Waals surface area contributed by atoms with E-state index in [1.165, 1.54) is 0 Å². The van der Waals surface area contributed by atoms with Gasteiger partial charge in [0.25, 0.3) is 0 Å². The van der Waals surface area contributed by atoms with Crippen molar-refractivity contribution in [3.63, 3.8) is 0 Å². The average molecular weight is 243 g/mol. The second kappa shape index (κ2) is 5.68. The summed E-state index contributed by atoms with van der Waals surface area (Å²) in [6, 6.07) is 0.539. The van der Waals surface area contributed by atoms with Gasteiger partial charge in [0.05, 0.1) is 6.10 Å². The van der Waals surface area contributed by atoms with Crippen molar-refractivity contribution in [3.8, 4) is 0 Å². The lowest BCUT2D eigenvalue weighted by Gasteiger charge is -2.52. The molecule has 17 heavy (non-hydrogen) atoms. The highest BCUT2D eigenvalue weighted by Gasteiger charge is 2.48. The quantitative estimate of drug-likeness (QED) is 0.720. The van der Waals surface area contributed by atoms with Crippen molar-refractivity contribution in [3.05, 3.63) is 0 Å². The van der Waals surface area contributed by atoms with Crippen LogP contribution in [0.5, 0.6) is 0 Å². The zero-order valence-electron chi connectivity index (χ0n) is 12.0. The molecule has 2 N–H and O–H groups in total. The summed E-state index contributed by atoms with van der Waals surface area (Å²) < 4.78 is 5.72. The van der Waals surface area contributed by atoms with E-state index in [0.717, 1.165) is 26.0 Å². The molecule has 0 amide bonds. The first-order chi connectivity index (χ1) is 7.83. The van der Waals surface area contributed by atoms with Gasteiger partial charge in [-0.25, -0.2) is 0 Å². The van der Waals surface area contributed by atoms with E-state index < -0.39 is 0 Å². The van der Waals surface area contributed by atoms with Gasteiger partial charge in [0.1, 0.15) is 0 Å². The number of rotatable bonds is 7. The van der Waals surface area contributed by atoms with Crippen molar-refractivity contribution in [2.24, 2.45) is 10.8 Å². The Morgan fingerprint density at radius 2 is 2.06 bits per heavy atom. The maximum Gasteiger partial charge on any atom is 0.0655 e. The molecule has 1 saturated carbocycles. The monoisotopic (exact) mass is 243 g/mol. The maximum absolute atomic E-state index is 9.01. The summed E-state index contributed by atoms with van der Waals surface area (Å²) in [6.45, 7) is 13.0. The van der Waals surface area contributed by atoms with Crippen molar-refractivity contribution in [2.75, 3.05) is 19.8 Å². The first-order valence-electron chi connectivity index (χ1n) is 6.79. The van der Waals surface area contributed by atoms with Crippen LogP contribution in [0.4, 0.5) is 0 Å². The van der Waals surface area contributed by atoms with Gasteiger partial charge < -0.3 is 15.2 Å². The van der Waals surface area contributed by atoms with E-state index in [0.29, 0.717) is 12.1 Å². The largest absolute Gasteiger partial charge is 0.396 e. The summed E-state index contributed by atoms with van der Waals surface area (Å²) in [5.41, 5.74) is 0.396. The van der Waals surface area contributed by atoms with E-state index in [-0.39, 0.29) is 17.4 Å². The number of aliphatic hydroxyl groups excluding tert-OH is 1. The summed E-state index contributed by atoms with van der Waals surface area (Å²) in [7, 11) is 0. The Morgan fingerprint density at radius 3 is 2.53 bits per heavy atom. The van der Waals surface area contributed by atoms with E-state index in [1.807, 2.05) is 0 Å². The molecule has 0 radical (unpaired) electrons. The Labute approximate surface area is 106 Å². The van der Waals surface area contributed by atoms with Crippen molar-refractivity contribution in [2.45, 2.75) is 59.6 Å². The van der Waals surface area contributed by atoms with Crippen LogP contribution in [0.3, 0.4) is 0 Å². The standard InChI is InChI=1S/C14H29NO2/c1-6-17-12-9-11(14(12,4)5)15-10-13(2,3)7-8-16/h11-12,15-16H,6-10H2,1-5H3. The number of ether oxygens (including phenoxy) is 1. The molecule has 0 aromatic carbocycles. The van der Waals surface area contributed by atoms with Gasteiger partial charge in [0.15, 0.2) is 0 Å². The first-order valence-corrected chi connectivity index (χ1v) is 6.79. The van der Waals surface area contributed by atoms with E-state index in [4.69, 9.17) is 9.84 Å². The van der Waals surface area contributed by atoms with Gasteiger partial charge in [-0.1, -0.05) is 27.7 Å². The highest BCUT2D eigenvalue weighted by Crippen LogP contribution is 2.43. The molecule has 0 heterocycles. The molecule has 1 fully saturated rings. The minimum absolute atomic E-state index is 0.168. The Hall–Kier alpha value is -0.120. The molecule has 0 aromatic heterocycles. The Morgan fingerprint density at radius 1 is 1.41 bits per heavy atom. The molecule has 3 nitrogen and oxygen atoms in total. The molecular formula is C14H29NO2. The normalized spacial score (nSPS) is 27.9. The van der Waals surface area contributed by atoms with Gasteiger partial charge in [-0.05, 0) is 25.2 Å². The van der Waals surface area contributed by atoms with Crippen molar-refractivity contribution >= 4 is 0 Å². The number of nitrogens with one attached hydrogen (secondary N) is 1. The highest BCUT2D eigenvalue weighted by molar-refractivity contribution is 5.03. The minimum atomic E-state index is 0.168. The highest BCUT2D eigenvalue weighted by atomic mass is 16.5. The number of hydrogen-bond donors (Lipinski definition) is 2. The molecule has 1 aliphatic carbocycles. The molecule has 1 aliphatic rings. The lowest BCUT2D eigenvalue weighted by atomic mass is 9.64. The fourth-order valence-corrected chi connectivity index (χ4v) is 2.51. The van der Waals surface area contributed by atoms with Crippen LogP contribution in [0.1, 0.15) is 47.5 Å². The minimum Gasteiger partial charge on any atom is -0.396 e. The van der Waals surface area contributed by atoms with Crippen molar-refractivity contribution in [1.82, 2.24) is 5.32 Å². The summed E-state index contributed by atoms with van der Waals surface area (Å²) in [4.78, 5) is 0. The van der Waals surface area contributed by atoms with Gasteiger partial charge in [-0.15, -0.1) is 0 Å². The summed E-state index contributed by atoms with van der Waals surface area (Å²) in [5.74, 6) is 0. The summed E-state index contributed by atoms with van der Waals surface area (Å²) in [6.07, 6.45) is 2.35. The zero-order chi connectivity index (χ0) is 13.1. The third-order valence-electron chi connectivity index (χ3n) is 4.16. The van der Waals surface area contributed by atoms with E-state index in [9.17, 15) is 0 Å². The number of aliphatic hydroxyl groups is 1.